The van der Waals surface area contributed by atoms with Crippen molar-refractivity contribution in [1.29, 1.82) is 0 Å². The Kier molecular flexibility index (Phi) is 3.99. The minimum absolute atomic E-state index is 0.0530. The molecule has 2 aromatic heterocycles. The number of hydrogen-bond acceptors (Lipinski definition) is 5. The number of carbonyl (C=O) groups excluding carboxylic acids is 1. The van der Waals surface area contributed by atoms with E-state index in [0.29, 0.717) is 18.0 Å². The summed E-state index contributed by atoms with van der Waals surface area (Å²) in [6.45, 7) is 3.94. The van der Waals surface area contributed by atoms with Gasteiger partial charge in [0.15, 0.2) is 0 Å². The normalized spacial score (nSPS) is 10.9. The number of halogens is 1. The van der Waals surface area contributed by atoms with Crippen LogP contribution < -0.4 is 0 Å². The molecular formula is C13H14FN3O2. The summed E-state index contributed by atoms with van der Waals surface area (Å²) in [5, 5.41) is 3.73. The Hall–Kier alpha value is -2.11. The average Bonchev–Trinajstić information content (AvgIpc) is 2.77. The third-order valence-electron chi connectivity index (χ3n) is 2.41. The minimum atomic E-state index is -0.431. The molecule has 0 aromatic carbocycles. The van der Waals surface area contributed by atoms with Crippen molar-refractivity contribution < 1.29 is 13.7 Å². The fourth-order valence-corrected chi connectivity index (χ4v) is 1.63. The maximum atomic E-state index is 12.7. The predicted octanol–water partition coefficient (Wildman–Crippen LogP) is 2.43. The molecule has 0 bridgehead atoms. The van der Waals surface area contributed by atoms with E-state index < -0.39 is 5.82 Å². The molecule has 0 saturated carbocycles. The minimum Gasteiger partial charge on any atom is -0.338 e. The first kappa shape index (κ1) is 13.3. The van der Waals surface area contributed by atoms with Crippen LogP contribution in [0.3, 0.4) is 0 Å². The zero-order chi connectivity index (χ0) is 13.8. The first-order chi connectivity index (χ1) is 9.04. The van der Waals surface area contributed by atoms with Crippen molar-refractivity contribution in [2.24, 2.45) is 5.92 Å². The maximum Gasteiger partial charge on any atom is 0.234 e. The molecule has 6 heteroatoms. The number of hydrogen-bond donors (Lipinski definition) is 0. The van der Waals surface area contributed by atoms with Gasteiger partial charge < -0.3 is 4.52 Å². The number of carbonyl (C=O) groups is 1. The molecule has 2 aromatic rings. The maximum absolute atomic E-state index is 12.7. The number of ketones is 1. The third kappa shape index (κ3) is 3.67. The van der Waals surface area contributed by atoms with Gasteiger partial charge in [0.25, 0.3) is 0 Å². The van der Waals surface area contributed by atoms with Gasteiger partial charge in [0.05, 0.1) is 12.6 Å². The van der Waals surface area contributed by atoms with E-state index in [4.69, 9.17) is 4.52 Å². The lowest BCUT2D eigenvalue weighted by Crippen LogP contribution is -2.06. The quantitative estimate of drug-likeness (QED) is 0.828. The van der Waals surface area contributed by atoms with Gasteiger partial charge in [0, 0.05) is 6.42 Å². The second-order valence-electron chi connectivity index (χ2n) is 4.69. The number of rotatable bonds is 5. The van der Waals surface area contributed by atoms with E-state index in [0.717, 1.165) is 6.20 Å². The lowest BCUT2D eigenvalue weighted by atomic mass is 10.1. The molecule has 5 nitrogen and oxygen atoms in total. The number of aromatic nitrogens is 3. The van der Waals surface area contributed by atoms with Crippen LogP contribution in [-0.2, 0) is 11.2 Å². The van der Waals surface area contributed by atoms with E-state index in [-0.39, 0.29) is 23.9 Å². The summed E-state index contributed by atoms with van der Waals surface area (Å²) in [5.74, 6) is 0.435. The topological polar surface area (TPSA) is 68.9 Å². The van der Waals surface area contributed by atoms with Crippen molar-refractivity contribution in [3.63, 3.8) is 0 Å². The molecule has 2 heterocycles. The second kappa shape index (κ2) is 5.69. The van der Waals surface area contributed by atoms with Crippen molar-refractivity contribution in [3.05, 3.63) is 30.0 Å². The predicted molar refractivity (Wildman–Crippen MR) is 65.7 cm³/mol. The molecule has 0 saturated heterocycles. The molecular weight excluding hydrogens is 249 g/mol. The van der Waals surface area contributed by atoms with Gasteiger partial charge in [-0.3, -0.25) is 4.79 Å². The molecule has 0 spiro atoms. The Morgan fingerprint density at radius 1 is 1.42 bits per heavy atom. The van der Waals surface area contributed by atoms with Gasteiger partial charge in [-0.25, -0.2) is 9.37 Å². The SMILES string of the molecule is CC(C)CC(=O)Cc1nc(-c2ccc(F)cn2)no1. The number of pyridine rings is 1. The summed E-state index contributed by atoms with van der Waals surface area (Å²) in [6, 6.07) is 2.72. The lowest BCUT2D eigenvalue weighted by Gasteiger charge is -2.00. The summed E-state index contributed by atoms with van der Waals surface area (Å²) >= 11 is 0. The summed E-state index contributed by atoms with van der Waals surface area (Å²) in [7, 11) is 0. The van der Waals surface area contributed by atoms with Crippen LogP contribution in [0.5, 0.6) is 0 Å². The van der Waals surface area contributed by atoms with Crippen LogP contribution in [0.1, 0.15) is 26.2 Å². The highest BCUT2D eigenvalue weighted by Crippen LogP contribution is 2.14. The Bertz CT molecular complexity index is 564. The van der Waals surface area contributed by atoms with Crippen molar-refractivity contribution in [3.8, 4) is 11.5 Å². The van der Waals surface area contributed by atoms with E-state index in [1.165, 1.54) is 12.1 Å². The van der Waals surface area contributed by atoms with Crippen molar-refractivity contribution in [2.75, 3.05) is 0 Å². The van der Waals surface area contributed by atoms with Crippen molar-refractivity contribution in [2.45, 2.75) is 26.7 Å². The fourth-order valence-electron chi connectivity index (χ4n) is 1.63. The summed E-state index contributed by atoms with van der Waals surface area (Å²) in [6.07, 6.45) is 1.67. The van der Waals surface area contributed by atoms with Crippen LogP contribution in [0.15, 0.2) is 22.9 Å². The largest absolute Gasteiger partial charge is 0.338 e. The first-order valence-electron chi connectivity index (χ1n) is 6.01. The summed E-state index contributed by atoms with van der Waals surface area (Å²) in [4.78, 5) is 19.5. The summed E-state index contributed by atoms with van der Waals surface area (Å²) in [5.41, 5.74) is 0.410. The Morgan fingerprint density at radius 2 is 2.21 bits per heavy atom. The van der Waals surface area contributed by atoms with Gasteiger partial charge in [-0.2, -0.15) is 4.98 Å². The van der Waals surface area contributed by atoms with Gasteiger partial charge in [-0.05, 0) is 18.1 Å². The summed E-state index contributed by atoms with van der Waals surface area (Å²) < 4.78 is 17.7. The smallest absolute Gasteiger partial charge is 0.234 e. The highest BCUT2D eigenvalue weighted by atomic mass is 19.1. The van der Waals surface area contributed by atoms with E-state index in [1.807, 2.05) is 13.8 Å². The standard InChI is InChI=1S/C13H14FN3O2/c1-8(2)5-10(18)6-12-16-13(17-19-12)11-4-3-9(14)7-15-11/h3-4,7-8H,5-6H2,1-2H3. The second-order valence-corrected chi connectivity index (χ2v) is 4.69. The molecule has 0 radical (unpaired) electrons. The highest BCUT2D eigenvalue weighted by molar-refractivity contribution is 5.80. The molecule has 2 rings (SSSR count). The zero-order valence-corrected chi connectivity index (χ0v) is 10.8. The van der Waals surface area contributed by atoms with Crippen LogP contribution in [0.25, 0.3) is 11.5 Å². The van der Waals surface area contributed by atoms with Gasteiger partial charge in [0.2, 0.25) is 11.7 Å². The molecule has 0 N–H and O–H groups in total. The zero-order valence-electron chi connectivity index (χ0n) is 10.8. The van der Waals surface area contributed by atoms with Crippen molar-refractivity contribution in [1.82, 2.24) is 15.1 Å². The monoisotopic (exact) mass is 263 g/mol. The molecule has 0 aliphatic heterocycles. The van der Waals surface area contributed by atoms with E-state index in [9.17, 15) is 9.18 Å². The molecule has 19 heavy (non-hydrogen) atoms. The van der Waals surface area contributed by atoms with Crippen LogP contribution in [-0.4, -0.2) is 20.9 Å². The molecule has 0 atom stereocenters. The molecule has 0 fully saturated rings. The molecule has 100 valence electrons. The molecule has 0 aliphatic carbocycles. The first-order valence-corrected chi connectivity index (χ1v) is 6.01. The van der Waals surface area contributed by atoms with E-state index in [1.54, 1.807) is 0 Å². The van der Waals surface area contributed by atoms with Crippen molar-refractivity contribution >= 4 is 5.78 Å². The van der Waals surface area contributed by atoms with Gasteiger partial charge >= 0.3 is 0 Å². The molecule has 0 aliphatic rings. The van der Waals surface area contributed by atoms with Crippen LogP contribution >= 0.6 is 0 Å². The lowest BCUT2D eigenvalue weighted by molar-refractivity contribution is -0.119. The van der Waals surface area contributed by atoms with Crippen LogP contribution in [0.4, 0.5) is 4.39 Å². The molecule has 0 unspecified atom stereocenters. The number of nitrogens with zero attached hydrogens (tertiary/aromatic N) is 3. The Balaban J connectivity index is 2.07. The van der Waals surface area contributed by atoms with E-state index >= 15 is 0 Å². The fraction of sp³-hybridized carbons (Fsp3) is 0.385. The highest BCUT2D eigenvalue weighted by Gasteiger charge is 2.14. The Morgan fingerprint density at radius 3 is 2.84 bits per heavy atom. The van der Waals surface area contributed by atoms with Gasteiger partial charge in [0.1, 0.15) is 17.3 Å². The molecule has 0 amide bonds. The number of Topliss-reactive ketones (excluding diaryl/α,β-unsaturated/α-hetero) is 1. The van der Waals surface area contributed by atoms with Crippen LogP contribution in [0, 0.1) is 11.7 Å². The van der Waals surface area contributed by atoms with Gasteiger partial charge in [-0.15, -0.1) is 0 Å². The van der Waals surface area contributed by atoms with Crippen LogP contribution in [0.2, 0.25) is 0 Å². The average molecular weight is 263 g/mol. The van der Waals surface area contributed by atoms with Gasteiger partial charge in [-0.1, -0.05) is 19.0 Å². The van der Waals surface area contributed by atoms with E-state index in [2.05, 4.69) is 15.1 Å². The third-order valence-corrected chi connectivity index (χ3v) is 2.41. The Labute approximate surface area is 109 Å².